The van der Waals surface area contributed by atoms with E-state index in [1.54, 1.807) is 59.4 Å². The van der Waals surface area contributed by atoms with Crippen molar-refractivity contribution in [2.24, 2.45) is 5.92 Å². The predicted octanol–water partition coefficient (Wildman–Crippen LogP) is 8.37. The number of hydrogen-bond donors (Lipinski definition) is 3. The Morgan fingerprint density at radius 3 is 1.91 bits per heavy atom. The third kappa shape index (κ3) is 9.10. The summed E-state index contributed by atoms with van der Waals surface area (Å²) >= 11 is 0. The number of nitrogens with zero attached hydrogens (tertiary/aromatic N) is 2. The molecule has 11 nitrogen and oxygen atoms in total. The Morgan fingerprint density at radius 1 is 0.754 bits per heavy atom. The minimum absolute atomic E-state index is 0.0145. The molecule has 8 rings (SSSR count). The number of fused-ring (bicyclic) bond motifs is 2. The van der Waals surface area contributed by atoms with Gasteiger partial charge in [0.05, 0.1) is 46.5 Å². The van der Waals surface area contributed by atoms with Crippen LogP contribution < -0.4 is 25.5 Å². The highest BCUT2D eigenvalue weighted by Crippen LogP contribution is 2.60. The summed E-state index contributed by atoms with van der Waals surface area (Å²) in [6.07, 6.45) is -0.704. The van der Waals surface area contributed by atoms with Crippen LogP contribution in [0.15, 0.2) is 158 Å². The van der Waals surface area contributed by atoms with Gasteiger partial charge in [-0.15, -0.1) is 0 Å². The highest BCUT2D eigenvalue weighted by molar-refractivity contribution is 6.91. The molecule has 12 heteroatoms. The van der Waals surface area contributed by atoms with Gasteiger partial charge in [-0.1, -0.05) is 116 Å². The SMILES string of the molecule is COc1ccc([Si](C)(C)[C@H]2[C@H](CC(=O)N(CCO)Cc3ccccc3)O[C@@]3(C(=O)N(Cc4ccc(NC(=O)c5ccccc5)cc4)c4ccc(NC(=O)c5ccccc5)cc43)[C@@H]2C)cc1. The van der Waals surface area contributed by atoms with Crippen molar-refractivity contribution < 1.29 is 33.8 Å². The van der Waals surface area contributed by atoms with Crippen LogP contribution in [0.3, 0.4) is 0 Å². The first-order chi connectivity index (χ1) is 31.4. The quantitative estimate of drug-likeness (QED) is 0.0882. The van der Waals surface area contributed by atoms with E-state index in [0.29, 0.717) is 40.3 Å². The van der Waals surface area contributed by atoms with Crippen LogP contribution in [0.25, 0.3) is 0 Å². The van der Waals surface area contributed by atoms with Gasteiger partial charge in [-0.3, -0.25) is 19.2 Å². The number of nitrogens with one attached hydrogen (secondary N) is 2. The third-order valence-corrected chi connectivity index (χ3v) is 17.4. The normalized spacial score (nSPS) is 18.9. The van der Waals surface area contributed by atoms with Gasteiger partial charge in [0, 0.05) is 47.1 Å². The molecule has 2 aliphatic rings. The molecule has 2 aliphatic heterocycles. The number of rotatable bonds is 15. The largest absolute Gasteiger partial charge is 0.497 e. The highest BCUT2D eigenvalue weighted by atomic mass is 28.3. The van der Waals surface area contributed by atoms with Crippen LogP contribution >= 0.6 is 0 Å². The molecular weight excluding hydrogens is 833 g/mol. The number of aliphatic hydroxyl groups excluding tert-OH is 1. The van der Waals surface area contributed by atoms with Crippen LogP contribution in [0.5, 0.6) is 5.75 Å². The van der Waals surface area contributed by atoms with Gasteiger partial charge in [-0.05, 0) is 83.4 Å². The number of methoxy groups -OCH3 is 1. The smallest absolute Gasteiger partial charge is 0.264 e. The maximum Gasteiger partial charge on any atom is 0.264 e. The fraction of sp³-hybridized carbons (Fsp3) is 0.245. The standard InChI is InChI=1S/C53H54N4O7Si/c1-36-49(65(3,4)44-27-25-43(63-2)26-28-44)47(33-48(59)56(30-31-58)34-37-14-8-5-9-15-37)64-53(36)45-32-42(55-51(61)40-18-12-7-13-19-40)24-29-46(45)57(52(53)62)35-38-20-22-41(23-21-38)54-50(60)39-16-10-6-11-17-39/h5-29,32,36,47,49,58H,30-31,33-35H2,1-4H3,(H,54,60)(H,55,61)/t36-,47+,49-,53+/m1/s1. The van der Waals surface area contributed by atoms with E-state index < -0.39 is 25.7 Å². The van der Waals surface area contributed by atoms with Gasteiger partial charge in [0.15, 0.2) is 5.60 Å². The molecule has 1 fully saturated rings. The lowest BCUT2D eigenvalue weighted by Gasteiger charge is -2.37. The molecule has 1 spiro atoms. The van der Waals surface area contributed by atoms with E-state index in [0.717, 1.165) is 22.1 Å². The predicted molar refractivity (Wildman–Crippen MR) is 256 cm³/mol. The van der Waals surface area contributed by atoms with Crippen molar-refractivity contribution >= 4 is 54.0 Å². The molecule has 332 valence electrons. The number of aliphatic hydroxyl groups is 1. The van der Waals surface area contributed by atoms with Crippen LogP contribution in [-0.4, -0.2) is 68.1 Å². The summed E-state index contributed by atoms with van der Waals surface area (Å²) in [7, 11) is -1.01. The average molecular weight is 887 g/mol. The summed E-state index contributed by atoms with van der Waals surface area (Å²) in [6.45, 7) is 7.02. The Kier molecular flexibility index (Phi) is 13.1. The Morgan fingerprint density at radius 2 is 1.32 bits per heavy atom. The van der Waals surface area contributed by atoms with Crippen LogP contribution in [-0.2, 0) is 33.0 Å². The summed E-state index contributed by atoms with van der Waals surface area (Å²) in [6, 6.07) is 48.6. The summed E-state index contributed by atoms with van der Waals surface area (Å²) in [4.78, 5) is 60.1. The molecule has 4 atom stereocenters. The molecule has 0 aromatic heterocycles. The van der Waals surface area contributed by atoms with Crippen LogP contribution in [0.4, 0.5) is 17.1 Å². The molecule has 0 saturated carbocycles. The van der Waals surface area contributed by atoms with Crippen molar-refractivity contribution in [2.45, 2.75) is 56.8 Å². The van der Waals surface area contributed by atoms with Crippen molar-refractivity contribution in [2.75, 3.05) is 35.8 Å². The van der Waals surface area contributed by atoms with Crippen molar-refractivity contribution in [3.8, 4) is 5.75 Å². The summed E-state index contributed by atoms with van der Waals surface area (Å²) in [5.74, 6) is -0.676. The fourth-order valence-electron chi connectivity index (χ4n) is 9.73. The molecule has 3 N–H and O–H groups in total. The molecule has 6 aromatic rings. The van der Waals surface area contributed by atoms with Crippen molar-refractivity contribution in [1.82, 2.24) is 4.90 Å². The Bertz CT molecular complexity index is 2650. The summed E-state index contributed by atoms with van der Waals surface area (Å²) in [5, 5.41) is 17.3. The fourth-order valence-corrected chi connectivity index (χ4v) is 13.7. The zero-order valence-corrected chi connectivity index (χ0v) is 38.1. The molecule has 0 bridgehead atoms. The maximum atomic E-state index is 15.7. The Labute approximate surface area is 381 Å². The van der Waals surface area contributed by atoms with E-state index in [4.69, 9.17) is 9.47 Å². The highest BCUT2D eigenvalue weighted by Gasteiger charge is 2.66. The monoisotopic (exact) mass is 886 g/mol. The van der Waals surface area contributed by atoms with Gasteiger partial charge < -0.3 is 35.0 Å². The minimum atomic E-state index is -2.65. The first-order valence-electron chi connectivity index (χ1n) is 22.0. The summed E-state index contributed by atoms with van der Waals surface area (Å²) < 4.78 is 12.9. The zero-order chi connectivity index (χ0) is 45.7. The second kappa shape index (κ2) is 19.1. The number of benzene rings is 6. The number of hydrogen-bond acceptors (Lipinski definition) is 7. The molecule has 6 aromatic carbocycles. The minimum Gasteiger partial charge on any atom is -0.497 e. The van der Waals surface area contributed by atoms with E-state index in [1.807, 2.05) is 103 Å². The molecule has 1 saturated heterocycles. The number of amides is 4. The van der Waals surface area contributed by atoms with E-state index >= 15 is 4.79 Å². The molecule has 2 heterocycles. The second-order valence-corrected chi connectivity index (χ2v) is 22.0. The number of ether oxygens (including phenoxy) is 2. The lowest BCUT2D eigenvalue weighted by molar-refractivity contribution is -0.150. The molecule has 0 aliphatic carbocycles. The average Bonchev–Trinajstić information content (AvgIpc) is 3.75. The molecular formula is C53H54N4O7Si. The van der Waals surface area contributed by atoms with Gasteiger partial charge >= 0.3 is 0 Å². The first-order valence-corrected chi connectivity index (χ1v) is 25.0. The zero-order valence-electron chi connectivity index (χ0n) is 37.1. The molecule has 0 unspecified atom stereocenters. The summed E-state index contributed by atoms with van der Waals surface area (Å²) in [5.41, 5.74) is 3.38. The van der Waals surface area contributed by atoms with Crippen molar-refractivity contribution in [3.05, 3.63) is 186 Å². The number of carbonyl (C=O) groups excluding carboxylic acids is 4. The lowest BCUT2D eigenvalue weighted by atomic mass is 9.82. The van der Waals surface area contributed by atoms with Crippen molar-refractivity contribution in [1.29, 1.82) is 0 Å². The number of carbonyl (C=O) groups is 4. The van der Waals surface area contributed by atoms with Gasteiger partial charge in [0.1, 0.15) is 5.75 Å². The van der Waals surface area contributed by atoms with E-state index in [-0.39, 0.29) is 55.3 Å². The first kappa shape index (κ1) is 44.7. The van der Waals surface area contributed by atoms with Crippen LogP contribution in [0.2, 0.25) is 18.6 Å². The molecule has 0 radical (unpaired) electrons. The lowest BCUT2D eigenvalue weighted by Crippen LogP contribution is -2.52. The second-order valence-electron chi connectivity index (χ2n) is 17.3. The maximum absolute atomic E-state index is 15.7. The van der Waals surface area contributed by atoms with Gasteiger partial charge in [0.25, 0.3) is 17.7 Å². The Hall–Kier alpha value is -6.86. The van der Waals surface area contributed by atoms with Gasteiger partial charge in [-0.25, -0.2) is 0 Å². The van der Waals surface area contributed by atoms with Crippen LogP contribution in [0, 0.1) is 5.92 Å². The van der Waals surface area contributed by atoms with Gasteiger partial charge in [0.2, 0.25) is 5.91 Å². The van der Waals surface area contributed by atoms with E-state index in [9.17, 15) is 19.5 Å². The molecule has 4 amide bonds. The third-order valence-electron chi connectivity index (χ3n) is 13.0. The van der Waals surface area contributed by atoms with Gasteiger partial charge in [-0.2, -0.15) is 0 Å². The topological polar surface area (TPSA) is 138 Å². The molecule has 65 heavy (non-hydrogen) atoms. The number of anilines is 3. The van der Waals surface area contributed by atoms with Crippen molar-refractivity contribution in [3.63, 3.8) is 0 Å². The van der Waals surface area contributed by atoms with Crippen LogP contribution in [0.1, 0.15) is 50.8 Å². The van der Waals surface area contributed by atoms with E-state index in [2.05, 4.69) is 42.8 Å². The van der Waals surface area contributed by atoms with E-state index in [1.165, 1.54) is 0 Å². The Balaban J connectivity index is 1.18.